The largest absolute Gasteiger partial charge is 0.616 e. The second-order valence-electron chi connectivity index (χ2n) is 4.75. The highest BCUT2D eigenvalue weighted by molar-refractivity contribution is 7.90. The van der Waals surface area contributed by atoms with E-state index in [1.165, 1.54) is 31.4 Å². The van der Waals surface area contributed by atoms with Crippen molar-refractivity contribution in [3.63, 3.8) is 0 Å². The van der Waals surface area contributed by atoms with Crippen molar-refractivity contribution in [3.05, 3.63) is 64.6 Å². The Morgan fingerprint density at radius 3 is 2.32 bits per heavy atom. The first-order chi connectivity index (χ1) is 11.5. The summed E-state index contributed by atoms with van der Waals surface area (Å²) in [5.74, 6) is -0.629. The minimum absolute atomic E-state index is 0.0823. The van der Waals surface area contributed by atoms with E-state index in [1.54, 1.807) is 0 Å². The van der Waals surface area contributed by atoms with Crippen LogP contribution < -0.4 is 5.11 Å². The molecule has 25 heavy (non-hydrogen) atoms. The van der Waals surface area contributed by atoms with Gasteiger partial charge in [-0.25, -0.2) is 0 Å². The summed E-state index contributed by atoms with van der Waals surface area (Å²) < 4.78 is 70.7. The van der Waals surface area contributed by atoms with Gasteiger partial charge in [0.25, 0.3) is 10.0 Å². The first kappa shape index (κ1) is 19.1. The molecule has 0 amide bonds. The zero-order valence-corrected chi connectivity index (χ0v) is 14.1. The summed E-state index contributed by atoms with van der Waals surface area (Å²) in [5, 5.41) is 10.9. The molecule has 1 aromatic rings. The van der Waals surface area contributed by atoms with Crippen LogP contribution >= 0.6 is 11.6 Å². The van der Waals surface area contributed by atoms with Gasteiger partial charge in [0.05, 0.1) is 22.2 Å². The molecular weight excluding hydrogens is 383 g/mol. The van der Waals surface area contributed by atoms with Gasteiger partial charge in [-0.2, -0.15) is 26.0 Å². The SMILES string of the molecule is COC([O-])=C1C=CC(=NS(=O)(=O)c2cc(C(F)(F)F)ccc2Cl)C=C1. The lowest BCUT2D eigenvalue weighted by Crippen LogP contribution is -2.10. The molecule has 0 spiro atoms. The molecule has 0 aromatic heterocycles. The van der Waals surface area contributed by atoms with E-state index in [-0.39, 0.29) is 16.3 Å². The van der Waals surface area contributed by atoms with Gasteiger partial charge in [-0.15, -0.1) is 0 Å². The van der Waals surface area contributed by atoms with E-state index >= 15 is 0 Å². The smallest absolute Gasteiger partial charge is 0.416 e. The number of halogens is 4. The van der Waals surface area contributed by atoms with E-state index in [0.717, 1.165) is 6.07 Å². The zero-order valence-electron chi connectivity index (χ0n) is 12.5. The fraction of sp³-hybridized carbons (Fsp3) is 0.133. The van der Waals surface area contributed by atoms with Gasteiger partial charge in [0.1, 0.15) is 4.90 Å². The average Bonchev–Trinajstić information content (AvgIpc) is 2.53. The number of hydrogen-bond acceptors (Lipinski definition) is 4. The van der Waals surface area contributed by atoms with Crippen LogP contribution in [0.15, 0.2) is 63.3 Å². The van der Waals surface area contributed by atoms with Crippen molar-refractivity contribution < 1.29 is 31.4 Å². The van der Waals surface area contributed by atoms with Gasteiger partial charge >= 0.3 is 6.18 Å². The highest BCUT2D eigenvalue weighted by Crippen LogP contribution is 2.34. The highest BCUT2D eigenvalue weighted by Gasteiger charge is 2.32. The lowest BCUT2D eigenvalue weighted by atomic mass is 10.1. The van der Waals surface area contributed by atoms with Crippen molar-refractivity contribution in [2.24, 2.45) is 4.40 Å². The second-order valence-corrected chi connectivity index (χ2v) is 6.73. The Morgan fingerprint density at radius 1 is 1.20 bits per heavy atom. The third-order valence-electron chi connectivity index (χ3n) is 3.05. The second kappa shape index (κ2) is 6.93. The Balaban J connectivity index is 2.43. The molecule has 0 aliphatic heterocycles. The summed E-state index contributed by atoms with van der Waals surface area (Å²) in [6.45, 7) is 0. The molecule has 1 aliphatic rings. The van der Waals surface area contributed by atoms with Gasteiger partial charge in [-0.1, -0.05) is 23.8 Å². The molecular formula is C15H10ClF3NO4S-. The summed E-state index contributed by atoms with van der Waals surface area (Å²) in [7, 11) is -3.31. The lowest BCUT2D eigenvalue weighted by Gasteiger charge is -2.13. The molecule has 1 aromatic carbocycles. The number of benzene rings is 1. The number of hydrogen-bond donors (Lipinski definition) is 0. The van der Waals surface area contributed by atoms with Gasteiger partial charge in [0, 0.05) is 0 Å². The molecule has 0 unspecified atom stereocenters. The summed E-state index contributed by atoms with van der Waals surface area (Å²) >= 11 is 5.71. The number of methoxy groups -OCH3 is 1. The summed E-state index contributed by atoms with van der Waals surface area (Å²) in [6, 6.07) is 1.93. The quantitative estimate of drug-likeness (QED) is 0.741. The van der Waals surface area contributed by atoms with E-state index in [1.807, 2.05) is 0 Å². The molecule has 1 aliphatic carbocycles. The first-order valence-corrected chi connectivity index (χ1v) is 8.39. The molecule has 5 nitrogen and oxygen atoms in total. The zero-order chi connectivity index (χ0) is 18.8. The lowest BCUT2D eigenvalue weighted by molar-refractivity contribution is -0.354. The fourth-order valence-electron chi connectivity index (χ4n) is 1.84. The molecule has 0 atom stereocenters. The van der Waals surface area contributed by atoms with E-state index in [9.17, 15) is 26.7 Å². The van der Waals surface area contributed by atoms with Gasteiger partial charge < -0.3 is 9.84 Å². The van der Waals surface area contributed by atoms with Crippen LogP contribution in [0.1, 0.15) is 5.56 Å². The molecule has 0 saturated heterocycles. The number of sulfonamides is 1. The normalized spacial score (nSPS) is 14.6. The van der Waals surface area contributed by atoms with Crippen LogP contribution in [-0.4, -0.2) is 21.2 Å². The Morgan fingerprint density at radius 2 is 1.80 bits per heavy atom. The van der Waals surface area contributed by atoms with Crippen LogP contribution in [-0.2, 0) is 20.9 Å². The fourth-order valence-corrected chi connectivity index (χ4v) is 3.34. The predicted octanol–water partition coefficient (Wildman–Crippen LogP) is 2.83. The molecule has 134 valence electrons. The molecule has 0 N–H and O–H groups in total. The van der Waals surface area contributed by atoms with Crippen molar-refractivity contribution >= 4 is 27.3 Å². The molecule has 0 saturated carbocycles. The molecule has 0 heterocycles. The number of ether oxygens (including phenoxy) is 1. The third kappa shape index (κ3) is 4.43. The Labute approximate surface area is 146 Å². The van der Waals surface area contributed by atoms with Crippen molar-refractivity contribution in [2.45, 2.75) is 11.1 Å². The maximum Gasteiger partial charge on any atom is 0.416 e. The van der Waals surface area contributed by atoms with Gasteiger partial charge in [-0.05, 0) is 43.0 Å². The van der Waals surface area contributed by atoms with Crippen molar-refractivity contribution in [1.29, 1.82) is 0 Å². The molecule has 10 heteroatoms. The maximum atomic E-state index is 12.8. The van der Waals surface area contributed by atoms with Crippen LogP contribution in [0.5, 0.6) is 0 Å². The minimum atomic E-state index is -4.73. The van der Waals surface area contributed by atoms with Crippen LogP contribution in [0.2, 0.25) is 5.02 Å². The van der Waals surface area contributed by atoms with Crippen LogP contribution in [0.25, 0.3) is 0 Å². The van der Waals surface area contributed by atoms with Gasteiger partial charge in [-0.3, -0.25) is 0 Å². The maximum absolute atomic E-state index is 12.8. The van der Waals surface area contributed by atoms with E-state index in [0.29, 0.717) is 12.1 Å². The first-order valence-electron chi connectivity index (χ1n) is 6.58. The number of alkyl halides is 3. The minimum Gasteiger partial charge on any atom is -0.616 e. The number of allylic oxidation sites excluding steroid dienone is 5. The van der Waals surface area contributed by atoms with Crippen LogP contribution in [0.3, 0.4) is 0 Å². The van der Waals surface area contributed by atoms with Gasteiger partial charge in [0.15, 0.2) is 0 Å². The van der Waals surface area contributed by atoms with Crippen molar-refractivity contribution in [1.82, 2.24) is 0 Å². The molecule has 2 rings (SSSR count). The molecule has 0 radical (unpaired) electrons. The van der Waals surface area contributed by atoms with Crippen molar-refractivity contribution in [3.8, 4) is 0 Å². The predicted molar refractivity (Wildman–Crippen MR) is 83.4 cm³/mol. The Kier molecular flexibility index (Phi) is 5.28. The molecule has 0 bridgehead atoms. The van der Waals surface area contributed by atoms with E-state index < -0.39 is 32.6 Å². The summed E-state index contributed by atoms with van der Waals surface area (Å²) in [4.78, 5) is -0.763. The monoisotopic (exact) mass is 392 g/mol. The molecule has 0 fully saturated rings. The van der Waals surface area contributed by atoms with Gasteiger partial charge in [0.2, 0.25) is 0 Å². The highest BCUT2D eigenvalue weighted by atomic mass is 35.5. The number of rotatable bonds is 3. The Hall–Kier alpha value is -2.26. The summed E-state index contributed by atoms with van der Waals surface area (Å²) in [6.07, 6.45) is 0.246. The average molecular weight is 393 g/mol. The number of nitrogens with zero attached hydrogens (tertiary/aromatic N) is 1. The third-order valence-corrected chi connectivity index (χ3v) is 4.84. The van der Waals surface area contributed by atoms with Crippen LogP contribution in [0.4, 0.5) is 13.2 Å². The van der Waals surface area contributed by atoms with E-state index in [4.69, 9.17) is 11.6 Å². The van der Waals surface area contributed by atoms with E-state index in [2.05, 4.69) is 9.13 Å². The Bertz CT molecular complexity index is 897. The van der Waals surface area contributed by atoms with Crippen LogP contribution in [0, 0.1) is 0 Å². The standard InChI is InChI=1S/C15H11ClF3NO4S/c1-24-14(21)9-2-5-11(6-3-9)20-25(22,23)13-8-10(15(17,18)19)4-7-12(13)16/h2-8,21H,1H3/p-1. The van der Waals surface area contributed by atoms with Crippen molar-refractivity contribution in [2.75, 3.05) is 7.11 Å². The topological polar surface area (TPSA) is 78.8 Å². The summed E-state index contributed by atoms with van der Waals surface area (Å²) in [5.41, 5.74) is -1.08.